The number of rotatable bonds is 5. The van der Waals surface area contributed by atoms with Gasteiger partial charge in [0.15, 0.2) is 0 Å². The lowest BCUT2D eigenvalue weighted by Gasteiger charge is -2.37. The van der Waals surface area contributed by atoms with Gasteiger partial charge in [0.1, 0.15) is 0 Å². The summed E-state index contributed by atoms with van der Waals surface area (Å²) in [6.45, 7) is 7.75. The summed E-state index contributed by atoms with van der Waals surface area (Å²) < 4.78 is 0. The Morgan fingerprint density at radius 1 is 1.09 bits per heavy atom. The zero-order chi connectivity index (χ0) is 16.8. The van der Waals surface area contributed by atoms with Crippen LogP contribution in [0, 0.1) is 13.8 Å². The summed E-state index contributed by atoms with van der Waals surface area (Å²) in [5.74, 6) is -0.0629. The largest absolute Gasteiger partial charge is 0.368 e. The highest BCUT2D eigenvalue weighted by atomic mass is 16.2. The van der Waals surface area contributed by atoms with Crippen LogP contribution in [-0.4, -0.2) is 63.0 Å². The first kappa shape index (κ1) is 17.3. The Hall–Kier alpha value is -2.08. The van der Waals surface area contributed by atoms with Gasteiger partial charge in [0.05, 0.1) is 13.1 Å². The molecule has 2 rings (SSSR count). The smallest absolute Gasteiger partial charge is 0.236 e. The van der Waals surface area contributed by atoms with Crippen molar-refractivity contribution >= 4 is 17.5 Å². The SMILES string of the molecule is CNC(=O)CNCC(=O)N1CCN(c2cccc(C)c2C)CC1. The number of benzene rings is 1. The van der Waals surface area contributed by atoms with Gasteiger partial charge in [-0.3, -0.25) is 14.9 Å². The third-order valence-corrected chi connectivity index (χ3v) is 4.39. The van der Waals surface area contributed by atoms with E-state index in [9.17, 15) is 9.59 Å². The normalized spacial score (nSPS) is 14.7. The van der Waals surface area contributed by atoms with E-state index in [-0.39, 0.29) is 24.9 Å². The predicted molar refractivity (Wildman–Crippen MR) is 91.6 cm³/mol. The van der Waals surface area contributed by atoms with Crippen LogP contribution in [0.2, 0.25) is 0 Å². The topological polar surface area (TPSA) is 64.7 Å². The summed E-state index contributed by atoms with van der Waals surface area (Å²) >= 11 is 0. The maximum Gasteiger partial charge on any atom is 0.236 e. The van der Waals surface area contributed by atoms with E-state index in [2.05, 4.69) is 47.6 Å². The number of likely N-dealkylation sites (N-methyl/N-ethyl adjacent to an activating group) is 1. The summed E-state index contributed by atoms with van der Waals surface area (Å²) in [4.78, 5) is 27.5. The van der Waals surface area contributed by atoms with Crippen molar-refractivity contribution in [2.75, 3.05) is 51.2 Å². The van der Waals surface area contributed by atoms with E-state index in [1.54, 1.807) is 7.05 Å². The molecule has 1 fully saturated rings. The molecular formula is C17H26N4O2. The summed E-state index contributed by atoms with van der Waals surface area (Å²) in [5.41, 5.74) is 3.86. The second-order valence-corrected chi connectivity index (χ2v) is 5.86. The van der Waals surface area contributed by atoms with Crippen LogP contribution in [0.25, 0.3) is 0 Å². The highest BCUT2D eigenvalue weighted by Crippen LogP contribution is 2.23. The van der Waals surface area contributed by atoms with Gasteiger partial charge in [-0.15, -0.1) is 0 Å². The van der Waals surface area contributed by atoms with Crippen molar-refractivity contribution in [2.24, 2.45) is 0 Å². The number of nitrogens with one attached hydrogen (secondary N) is 2. The molecule has 1 heterocycles. The quantitative estimate of drug-likeness (QED) is 0.819. The van der Waals surface area contributed by atoms with Crippen LogP contribution < -0.4 is 15.5 Å². The number of anilines is 1. The van der Waals surface area contributed by atoms with E-state index in [1.807, 2.05) is 4.90 Å². The molecule has 0 radical (unpaired) electrons. The number of aryl methyl sites for hydroxylation is 1. The minimum Gasteiger partial charge on any atom is -0.368 e. The fourth-order valence-electron chi connectivity index (χ4n) is 2.76. The van der Waals surface area contributed by atoms with E-state index >= 15 is 0 Å². The number of amides is 2. The van der Waals surface area contributed by atoms with Gasteiger partial charge < -0.3 is 15.1 Å². The van der Waals surface area contributed by atoms with Crippen LogP contribution in [-0.2, 0) is 9.59 Å². The molecule has 0 bridgehead atoms. The minimum absolute atomic E-state index is 0.0505. The van der Waals surface area contributed by atoms with E-state index in [4.69, 9.17) is 0 Å². The molecule has 1 aromatic rings. The monoisotopic (exact) mass is 318 g/mol. The number of carbonyl (C=O) groups excluding carboxylic acids is 2. The van der Waals surface area contributed by atoms with Gasteiger partial charge >= 0.3 is 0 Å². The van der Waals surface area contributed by atoms with Crippen LogP contribution in [0.5, 0.6) is 0 Å². The molecular weight excluding hydrogens is 292 g/mol. The van der Waals surface area contributed by atoms with Crippen molar-refractivity contribution in [3.05, 3.63) is 29.3 Å². The summed E-state index contributed by atoms with van der Waals surface area (Å²) in [6, 6.07) is 6.35. The number of carbonyl (C=O) groups is 2. The third kappa shape index (κ3) is 4.45. The first-order valence-corrected chi connectivity index (χ1v) is 8.03. The predicted octanol–water partition coefficient (Wildman–Crippen LogP) is 0.288. The fourth-order valence-corrected chi connectivity index (χ4v) is 2.76. The maximum absolute atomic E-state index is 12.1. The van der Waals surface area contributed by atoms with Crippen molar-refractivity contribution in [1.29, 1.82) is 0 Å². The molecule has 126 valence electrons. The Kier molecular flexibility index (Phi) is 5.98. The van der Waals surface area contributed by atoms with Gasteiger partial charge in [-0.2, -0.15) is 0 Å². The second kappa shape index (κ2) is 7.97. The standard InChI is InChI=1S/C17H26N4O2/c1-13-5-4-6-15(14(13)2)20-7-9-21(10-8-20)17(23)12-19-11-16(22)18-3/h4-6,19H,7-12H2,1-3H3,(H,18,22). The molecule has 1 saturated heterocycles. The molecule has 6 heteroatoms. The lowest BCUT2D eigenvalue weighted by atomic mass is 10.1. The van der Waals surface area contributed by atoms with E-state index in [0.29, 0.717) is 13.1 Å². The van der Waals surface area contributed by atoms with Crippen LogP contribution in [0.15, 0.2) is 18.2 Å². The van der Waals surface area contributed by atoms with Gasteiger partial charge in [-0.25, -0.2) is 0 Å². The molecule has 2 amide bonds. The summed E-state index contributed by atoms with van der Waals surface area (Å²) in [7, 11) is 1.58. The fraction of sp³-hybridized carbons (Fsp3) is 0.529. The van der Waals surface area contributed by atoms with Gasteiger partial charge in [0.25, 0.3) is 0 Å². The first-order chi connectivity index (χ1) is 11.0. The molecule has 6 nitrogen and oxygen atoms in total. The molecule has 0 aromatic heterocycles. The van der Waals surface area contributed by atoms with Crippen LogP contribution in [0.1, 0.15) is 11.1 Å². The van der Waals surface area contributed by atoms with Crippen molar-refractivity contribution in [3.8, 4) is 0 Å². The third-order valence-electron chi connectivity index (χ3n) is 4.39. The summed E-state index contributed by atoms with van der Waals surface area (Å²) in [5, 5.41) is 5.39. The molecule has 1 aliphatic rings. The Bertz CT molecular complexity index is 566. The zero-order valence-corrected chi connectivity index (χ0v) is 14.2. The number of nitrogens with zero attached hydrogens (tertiary/aromatic N) is 2. The van der Waals surface area contributed by atoms with Crippen molar-refractivity contribution in [1.82, 2.24) is 15.5 Å². The number of hydrogen-bond donors (Lipinski definition) is 2. The highest BCUT2D eigenvalue weighted by Gasteiger charge is 2.22. The van der Waals surface area contributed by atoms with E-state index in [0.717, 1.165) is 13.1 Å². The van der Waals surface area contributed by atoms with Gasteiger partial charge in [-0.1, -0.05) is 12.1 Å². The van der Waals surface area contributed by atoms with Crippen LogP contribution in [0.3, 0.4) is 0 Å². The van der Waals surface area contributed by atoms with Crippen molar-refractivity contribution in [3.63, 3.8) is 0 Å². The molecule has 1 aliphatic heterocycles. The average molecular weight is 318 g/mol. The molecule has 23 heavy (non-hydrogen) atoms. The summed E-state index contributed by atoms with van der Waals surface area (Å²) in [6.07, 6.45) is 0. The van der Waals surface area contributed by atoms with Crippen molar-refractivity contribution in [2.45, 2.75) is 13.8 Å². The number of hydrogen-bond acceptors (Lipinski definition) is 4. The van der Waals surface area contributed by atoms with Crippen molar-refractivity contribution < 1.29 is 9.59 Å². The average Bonchev–Trinajstić information content (AvgIpc) is 2.57. The Morgan fingerprint density at radius 2 is 1.78 bits per heavy atom. The van der Waals surface area contributed by atoms with Crippen LogP contribution in [0.4, 0.5) is 5.69 Å². The number of piperazine rings is 1. The Labute approximate surface area is 137 Å². The second-order valence-electron chi connectivity index (χ2n) is 5.86. The van der Waals surface area contributed by atoms with Crippen LogP contribution >= 0.6 is 0 Å². The minimum atomic E-state index is -0.113. The molecule has 0 spiro atoms. The van der Waals surface area contributed by atoms with E-state index < -0.39 is 0 Å². The molecule has 0 aliphatic carbocycles. The van der Waals surface area contributed by atoms with Gasteiger partial charge in [0.2, 0.25) is 11.8 Å². The highest BCUT2D eigenvalue weighted by molar-refractivity contribution is 5.81. The maximum atomic E-state index is 12.1. The van der Waals surface area contributed by atoms with Gasteiger partial charge in [-0.05, 0) is 31.0 Å². The van der Waals surface area contributed by atoms with Gasteiger partial charge in [0, 0.05) is 38.9 Å². The molecule has 2 N–H and O–H groups in total. The molecule has 1 aromatic carbocycles. The van der Waals surface area contributed by atoms with E-state index in [1.165, 1.54) is 16.8 Å². The zero-order valence-electron chi connectivity index (χ0n) is 14.2. The molecule has 0 unspecified atom stereocenters. The molecule has 0 saturated carbocycles. The Morgan fingerprint density at radius 3 is 2.43 bits per heavy atom. The lowest BCUT2D eigenvalue weighted by Crippen LogP contribution is -2.51. The lowest BCUT2D eigenvalue weighted by molar-refractivity contribution is -0.130. The Balaban J connectivity index is 1.82. The molecule has 0 atom stereocenters. The first-order valence-electron chi connectivity index (χ1n) is 8.03.